The van der Waals surface area contributed by atoms with Crippen LogP contribution in [0.2, 0.25) is 0 Å². The standard InChI is InChI=1S/C13H24N2O/c1-10-6-8-15(11(10)2)13(16)4-3-12-5-7-14-9-12/h10-12,14H,3-9H2,1-2H3. The monoisotopic (exact) mass is 224 g/mol. The summed E-state index contributed by atoms with van der Waals surface area (Å²) in [6, 6.07) is 0.453. The molecule has 0 aromatic carbocycles. The fourth-order valence-corrected chi connectivity index (χ4v) is 2.88. The van der Waals surface area contributed by atoms with Crippen molar-refractivity contribution in [2.24, 2.45) is 11.8 Å². The van der Waals surface area contributed by atoms with Crippen molar-refractivity contribution in [2.45, 2.75) is 45.6 Å². The summed E-state index contributed by atoms with van der Waals surface area (Å²) in [6.45, 7) is 7.66. The van der Waals surface area contributed by atoms with Gasteiger partial charge in [0.05, 0.1) is 0 Å². The first kappa shape index (κ1) is 11.9. The Labute approximate surface area is 98.6 Å². The molecule has 92 valence electrons. The van der Waals surface area contributed by atoms with Gasteiger partial charge in [-0.3, -0.25) is 4.79 Å². The molecule has 0 aliphatic carbocycles. The van der Waals surface area contributed by atoms with Crippen LogP contribution in [0.4, 0.5) is 0 Å². The van der Waals surface area contributed by atoms with Gasteiger partial charge in [0.15, 0.2) is 0 Å². The van der Waals surface area contributed by atoms with Crippen molar-refractivity contribution in [1.82, 2.24) is 10.2 Å². The van der Waals surface area contributed by atoms with Gasteiger partial charge >= 0.3 is 0 Å². The first-order chi connectivity index (χ1) is 7.68. The second kappa shape index (κ2) is 5.17. The maximum atomic E-state index is 12.1. The van der Waals surface area contributed by atoms with Crippen LogP contribution in [-0.4, -0.2) is 36.5 Å². The van der Waals surface area contributed by atoms with Gasteiger partial charge in [-0.25, -0.2) is 0 Å². The number of rotatable bonds is 3. The van der Waals surface area contributed by atoms with Crippen molar-refractivity contribution in [3.8, 4) is 0 Å². The van der Waals surface area contributed by atoms with E-state index >= 15 is 0 Å². The zero-order valence-corrected chi connectivity index (χ0v) is 10.5. The van der Waals surface area contributed by atoms with E-state index in [1.54, 1.807) is 0 Å². The number of nitrogens with one attached hydrogen (secondary N) is 1. The Balaban J connectivity index is 1.75. The molecule has 3 heteroatoms. The largest absolute Gasteiger partial charge is 0.340 e. The Morgan fingerprint density at radius 3 is 2.75 bits per heavy atom. The highest BCUT2D eigenvalue weighted by atomic mass is 16.2. The van der Waals surface area contributed by atoms with Gasteiger partial charge < -0.3 is 10.2 Å². The zero-order chi connectivity index (χ0) is 11.5. The molecule has 1 amide bonds. The smallest absolute Gasteiger partial charge is 0.222 e. The van der Waals surface area contributed by atoms with Crippen LogP contribution in [0, 0.1) is 11.8 Å². The molecule has 2 saturated heterocycles. The molecule has 0 saturated carbocycles. The summed E-state index contributed by atoms with van der Waals surface area (Å²) in [5.74, 6) is 1.79. The number of carbonyl (C=O) groups is 1. The van der Waals surface area contributed by atoms with E-state index in [1.165, 1.54) is 12.8 Å². The molecule has 1 N–H and O–H groups in total. The maximum Gasteiger partial charge on any atom is 0.222 e. The maximum absolute atomic E-state index is 12.1. The Morgan fingerprint density at radius 1 is 1.38 bits per heavy atom. The molecule has 16 heavy (non-hydrogen) atoms. The van der Waals surface area contributed by atoms with Crippen LogP contribution in [0.5, 0.6) is 0 Å². The van der Waals surface area contributed by atoms with Crippen LogP contribution in [0.25, 0.3) is 0 Å². The topological polar surface area (TPSA) is 32.3 Å². The van der Waals surface area contributed by atoms with Gasteiger partial charge in [-0.15, -0.1) is 0 Å². The second-order valence-corrected chi connectivity index (χ2v) is 5.49. The lowest BCUT2D eigenvalue weighted by molar-refractivity contribution is -0.132. The number of carbonyl (C=O) groups excluding carboxylic acids is 1. The average molecular weight is 224 g/mol. The lowest BCUT2D eigenvalue weighted by Crippen LogP contribution is -2.35. The summed E-state index contributed by atoms with van der Waals surface area (Å²) in [7, 11) is 0. The van der Waals surface area contributed by atoms with Crippen LogP contribution in [0.3, 0.4) is 0 Å². The van der Waals surface area contributed by atoms with E-state index in [0.29, 0.717) is 17.9 Å². The zero-order valence-electron chi connectivity index (χ0n) is 10.5. The van der Waals surface area contributed by atoms with Crippen LogP contribution >= 0.6 is 0 Å². The van der Waals surface area contributed by atoms with E-state index in [1.807, 2.05) is 0 Å². The first-order valence-corrected chi connectivity index (χ1v) is 6.68. The number of amides is 1. The Morgan fingerprint density at radius 2 is 2.19 bits per heavy atom. The molecule has 3 nitrogen and oxygen atoms in total. The quantitative estimate of drug-likeness (QED) is 0.790. The highest BCUT2D eigenvalue weighted by Gasteiger charge is 2.30. The molecule has 0 spiro atoms. The molecule has 3 unspecified atom stereocenters. The predicted molar refractivity (Wildman–Crippen MR) is 65.2 cm³/mol. The van der Waals surface area contributed by atoms with Gasteiger partial charge in [-0.2, -0.15) is 0 Å². The summed E-state index contributed by atoms with van der Waals surface area (Å²) in [5.41, 5.74) is 0. The molecule has 2 aliphatic heterocycles. The molecule has 3 atom stereocenters. The molecule has 0 bridgehead atoms. The Bertz CT molecular complexity index is 248. The molecule has 0 radical (unpaired) electrons. The summed E-state index contributed by atoms with van der Waals surface area (Å²) in [5, 5.41) is 3.36. The fraction of sp³-hybridized carbons (Fsp3) is 0.923. The third kappa shape index (κ3) is 2.57. The number of hydrogen-bond acceptors (Lipinski definition) is 2. The second-order valence-electron chi connectivity index (χ2n) is 5.49. The Hall–Kier alpha value is -0.570. The summed E-state index contributed by atoms with van der Waals surface area (Å²) in [6.07, 6.45) is 4.25. The molecular weight excluding hydrogens is 200 g/mol. The van der Waals surface area contributed by atoms with Crippen LogP contribution in [-0.2, 0) is 4.79 Å². The van der Waals surface area contributed by atoms with Crippen molar-refractivity contribution < 1.29 is 4.79 Å². The van der Waals surface area contributed by atoms with Crippen LogP contribution in [0.1, 0.15) is 39.5 Å². The van der Waals surface area contributed by atoms with Crippen molar-refractivity contribution in [1.29, 1.82) is 0 Å². The van der Waals surface area contributed by atoms with E-state index < -0.39 is 0 Å². The van der Waals surface area contributed by atoms with Gasteiger partial charge in [0.1, 0.15) is 0 Å². The first-order valence-electron chi connectivity index (χ1n) is 6.68. The number of nitrogens with zero attached hydrogens (tertiary/aromatic N) is 1. The molecule has 2 heterocycles. The molecule has 2 fully saturated rings. The van der Waals surface area contributed by atoms with E-state index in [-0.39, 0.29) is 0 Å². The van der Waals surface area contributed by atoms with Crippen molar-refractivity contribution in [3.63, 3.8) is 0 Å². The van der Waals surface area contributed by atoms with Crippen molar-refractivity contribution in [2.75, 3.05) is 19.6 Å². The van der Waals surface area contributed by atoms with Gasteiger partial charge in [-0.1, -0.05) is 6.92 Å². The fourth-order valence-electron chi connectivity index (χ4n) is 2.88. The average Bonchev–Trinajstić information content (AvgIpc) is 2.88. The minimum atomic E-state index is 0.378. The van der Waals surface area contributed by atoms with Crippen LogP contribution < -0.4 is 5.32 Å². The number of likely N-dealkylation sites (tertiary alicyclic amines) is 1. The van der Waals surface area contributed by atoms with Crippen molar-refractivity contribution >= 4 is 5.91 Å². The molecule has 2 rings (SSSR count). The van der Waals surface area contributed by atoms with E-state index in [0.717, 1.165) is 38.4 Å². The Kier molecular flexibility index (Phi) is 3.85. The SMILES string of the molecule is CC1CCN(C(=O)CCC2CCNC2)C1C. The third-order valence-corrected chi connectivity index (χ3v) is 4.39. The molecular formula is C13H24N2O. The molecule has 0 aromatic heterocycles. The minimum absolute atomic E-state index is 0.378. The predicted octanol–water partition coefficient (Wildman–Crippen LogP) is 1.63. The highest BCUT2D eigenvalue weighted by molar-refractivity contribution is 5.76. The van der Waals surface area contributed by atoms with Crippen molar-refractivity contribution in [3.05, 3.63) is 0 Å². The summed E-state index contributed by atoms with van der Waals surface area (Å²) in [4.78, 5) is 14.2. The van der Waals surface area contributed by atoms with E-state index in [2.05, 4.69) is 24.1 Å². The summed E-state index contributed by atoms with van der Waals surface area (Å²) < 4.78 is 0. The van der Waals surface area contributed by atoms with Gasteiger partial charge in [0.25, 0.3) is 0 Å². The van der Waals surface area contributed by atoms with Gasteiger partial charge in [0, 0.05) is 19.0 Å². The van der Waals surface area contributed by atoms with Crippen LogP contribution in [0.15, 0.2) is 0 Å². The lowest BCUT2D eigenvalue weighted by Gasteiger charge is -2.24. The lowest BCUT2D eigenvalue weighted by atomic mass is 10.0. The van der Waals surface area contributed by atoms with Gasteiger partial charge in [-0.05, 0) is 51.1 Å². The van der Waals surface area contributed by atoms with E-state index in [4.69, 9.17) is 0 Å². The molecule has 2 aliphatic rings. The highest BCUT2D eigenvalue weighted by Crippen LogP contribution is 2.25. The third-order valence-electron chi connectivity index (χ3n) is 4.39. The molecule has 0 aromatic rings. The van der Waals surface area contributed by atoms with E-state index in [9.17, 15) is 4.79 Å². The minimum Gasteiger partial charge on any atom is -0.340 e. The van der Waals surface area contributed by atoms with Gasteiger partial charge in [0.2, 0.25) is 5.91 Å². The normalized spacial score (nSPS) is 34.6. The summed E-state index contributed by atoms with van der Waals surface area (Å²) >= 11 is 0. The number of hydrogen-bond donors (Lipinski definition) is 1.